The van der Waals surface area contributed by atoms with Crippen molar-refractivity contribution in [2.24, 2.45) is 0 Å². The van der Waals surface area contributed by atoms with Crippen LogP contribution in [0.4, 0.5) is 0 Å². The SMILES string of the molecule is CC.CNCCc1ccc(OCc2ccccc2)c(OC)c1. The highest BCUT2D eigenvalue weighted by atomic mass is 16.5. The maximum absolute atomic E-state index is 5.83. The molecule has 0 aliphatic rings. The number of hydrogen-bond acceptors (Lipinski definition) is 3. The number of nitrogens with one attached hydrogen (secondary N) is 1. The average molecular weight is 301 g/mol. The highest BCUT2D eigenvalue weighted by Gasteiger charge is 2.06. The number of rotatable bonds is 7. The van der Waals surface area contributed by atoms with Crippen LogP contribution in [0.15, 0.2) is 48.5 Å². The number of hydrogen-bond donors (Lipinski definition) is 1. The molecule has 2 aromatic rings. The summed E-state index contributed by atoms with van der Waals surface area (Å²) in [5.74, 6) is 1.57. The average Bonchev–Trinajstić information content (AvgIpc) is 2.61. The molecule has 2 rings (SSSR count). The van der Waals surface area contributed by atoms with E-state index in [2.05, 4.69) is 11.4 Å². The molecule has 22 heavy (non-hydrogen) atoms. The minimum absolute atomic E-state index is 0.549. The Bertz CT molecular complexity index is 526. The van der Waals surface area contributed by atoms with Crippen molar-refractivity contribution in [2.45, 2.75) is 26.9 Å². The van der Waals surface area contributed by atoms with Crippen molar-refractivity contribution in [3.05, 3.63) is 59.7 Å². The van der Waals surface area contributed by atoms with E-state index in [1.807, 2.05) is 63.4 Å². The number of benzene rings is 2. The molecule has 0 spiro atoms. The fraction of sp³-hybridized carbons (Fsp3) is 0.368. The Morgan fingerprint density at radius 1 is 0.909 bits per heavy atom. The Balaban J connectivity index is 0.00000116. The van der Waals surface area contributed by atoms with Crippen LogP contribution in [-0.2, 0) is 13.0 Å². The van der Waals surface area contributed by atoms with Crippen molar-refractivity contribution in [1.82, 2.24) is 5.32 Å². The van der Waals surface area contributed by atoms with Gasteiger partial charge in [0, 0.05) is 0 Å². The van der Waals surface area contributed by atoms with E-state index in [1.54, 1.807) is 7.11 Å². The van der Waals surface area contributed by atoms with Crippen LogP contribution in [-0.4, -0.2) is 20.7 Å². The fourth-order valence-corrected chi connectivity index (χ4v) is 1.99. The van der Waals surface area contributed by atoms with Crippen molar-refractivity contribution in [1.29, 1.82) is 0 Å². The Morgan fingerprint density at radius 2 is 1.64 bits per heavy atom. The first kappa shape index (κ1) is 18.1. The monoisotopic (exact) mass is 301 g/mol. The molecule has 0 aliphatic carbocycles. The fourth-order valence-electron chi connectivity index (χ4n) is 1.99. The Kier molecular flexibility index (Phi) is 8.77. The van der Waals surface area contributed by atoms with Crippen LogP contribution >= 0.6 is 0 Å². The lowest BCUT2D eigenvalue weighted by molar-refractivity contribution is 0.284. The molecule has 0 saturated heterocycles. The topological polar surface area (TPSA) is 30.5 Å². The van der Waals surface area contributed by atoms with Crippen LogP contribution < -0.4 is 14.8 Å². The minimum atomic E-state index is 0.549. The normalized spacial score (nSPS) is 9.64. The van der Waals surface area contributed by atoms with Gasteiger partial charge in [-0.05, 0) is 43.3 Å². The zero-order chi connectivity index (χ0) is 16.2. The van der Waals surface area contributed by atoms with Crippen LogP contribution in [0.25, 0.3) is 0 Å². The van der Waals surface area contributed by atoms with Crippen LogP contribution in [0.2, 0.25) is 0 Å². The molecule has 120 valence electrons. The molecular formula is C19H27NO2. The Hall–Kier alpha value is -2.00. The first-order chi connectivity index (χ1) is 10.8. The van der Waals surface area contributed by atoms with Gasteiger partial charge in [-0.25, -0.2) is 0 Å². The molecule has 0 amide bonds. The van der Waals surface area contributed by atoms with E-state index in [9.17, 15) is 0 Å². The largest absolute Gasteiger partial charge is 0.493 e. The summed E-state index contributed by atoms with van der Waals surface area (Å²) in [4.78, 5) is 0. The van der Waals surface area contributed by atoms with E-state index in [1.165, 1.54) is 5.56 Å². The van der Waals surface area contributed by atoms with Crippen molar-refractivity contribution in [3.8, 4) is 11.5 Å². The van der Waals surface area contributed by atoms with Crippen molar-refractivity contribution in [2.75, 3.05) is 20.7 Å². The second-order valence-corrected chi connectivity index (χ2v) is 4.61. The smallest absolute Gasteiger partial charge is 0.161 e. The molecule has 0 heterocycles. The van der Waals surface area contributed by atoms with Crippen LogP contribution in [0.1, 0.15) is 25.0 Å². The van der Waals surface area contributed by atoms with Gasteiger partial charge in [-0.1, -0.05) is 50.2 Å². The van der Waals surface area contributed by atoms with Gasteiger partial charge in [-0.15, -0.1) is 0 Å². The summed E-state index contributed by atoms with van der Waals surface area (Å²) < 4.78 is 11.2. The second kappa shape index (κ2) is 10.7. The molecule has 0 unspecified atom stereocenters. The summed E-state index contributed by atoms with van der Waals surface area (Å²) in [6.07, 6.45) is 0.978. The summed E-state index contributed by atoms with van der Waals surface area (Å²) in [5.41, 5.74) is 2.39. The molecule has 0 saturated carbocycles. The van der Waals surface area contributed by atoms with Crippen LogP contribution in [0.3, 0.4) is 0 Å². The van der Waals surface area contributed by atoms with Gasteiger partial charge in [0.15, 0.2) is 11.5 Å². The van der Waals surface area contributed by atoms with Crippen molar-refractivity contribution in [3.63, 3.8) is 0 Å². The molecule has 0 fully saturated rings. The lowest BCUT2D eigenvalue weighted by Crippen LogP contribution is -2.10. The molecule has 0 atom stereocenters. The van der Waals surface area contributed by atoms with Gasteiger partial charge in [-0.3, -0.25) is 0 Å². The lowest BCUT2D eigenvalue weighted by Gasteiger charge is -2.12. The third kappa shape index (κ3) is 5.78. The molecule has 3 nitrogen and oxygen atoms in total. The van der Waals surface area contributed by atoms with Gasteiger partial charge < -0.3 is 14.8 Å². The lowest BCUT2D eigenvalue weighted by atomic mass is 10.1. The first-order valence-corrected chi connectivity index (χ1v) is 7.81. The molecule has 3 heteroatoms. The maximum Gasteiger partial charge on any atom is 0.161 e. The predicted octanol–water partition coefficient (Wildman–Crippen LogP) is 4.06. The first-order valence-electron chi connectivity index (χ1n) is 7.81. The predicted molar refractivity (Wildman–Crippen MR) is 92.7 cm³/mol. The molecule has 0 radical (unpaired) electrons. The Morgan fingerprint density at radius 3 is 2.27 bits per heavy atom. The van der Waals surface area contributed by atoms with Gasteiger partial charge in [0.1, 0.15) is 6.61 Å². The van der Waals surface area contributed by atoms with Gasteiger partial charge in [0.25, 0.3) is 0 Å². The van der Waals surface area contributed by atoms with E-state index >= 15 is 0 Å². The zero-order valence-electron chi connectivity index (χ0n) is 14.1. The Labute approximate surface area is 134 Å². The van der Waals surface area contributed by atoms with Gasteiger partial charge >= 0.3 is 0 Å². The third-order valence-electron chi connectivity index (χ3n) is 3.13. The molecule has 0 bridgehead atoms. The van der Waals surface area contributed by atoms with Gasteiger partial charge in [0.2, 0.25) is 0 Å². The van der Waals surface area contributed by atoms with E-state index in [0.29, 0.717) is 6.61 Å². The summed E-state index contributed by atoms with van der Waals surface area (Å²) in [5, 5.41) is 3.14. The minimum Gasteiger partial charge on any atom is -0.493 e. The van der Waals surface area contributed by atoms with Crippen molar-refractivity contribution < 1.29 is 9.47 Å². The second-order valence-electron chi connectivity index (χ2n) is 4.61. The van der Waals surface area contributed by atoms with Gasteiger partial charge in [-0.2, -0.15) is 0 Å². The van der Waals surface area contributed by atoms with Crippen molar-refractivity contribution >= 4 is 0 Å². The summed E-state index contributed by atoms with van der Waals surface area (Å²) >= 11 is 0. The maximum atomic E-state index is 5.83. The summed E-state index contributed by atoms with van der Waals surface area (Å²) in [6, 6.07) is 16.2. The molecule has 0 aliphatic heterocycles. The highest BCUT2D eigenvalue weighted by Crippen LogP contribution is 2.28. The van der Waals surface area contributed by atoms with E-state index < -0.39 is 0 Å². The third-order valence-corrected chi connectivity index (χ3v) is 3.13. The molecular weight excluding hydrogens is 274 g/mol. The standard InChI is InChI=1S/C17H21NO2.C2H6/c1-18-11-10-14-8-9-16(17(12-14)19-2)20-13-15-6-4-3-5-7-15;1-2/h3-9,12,18H,10-11,13H2,1-2H3;1-2H3. The quantitative estimate of drug-likeness (QED) is 0.836. The van der Waals surface area contributed by atoms with Gasteiger partial charge in [0.05, 0.1) is 7.11 Å². The summed E-state index contributed by atoms with van der Waals surface area (Å²) in [6.45, 7) is 5.50. The zero-order valence-corrected chi connectivity index (χ0v) is 14.1. The number of ether oxygens (including phenoxy) is 2. The van der Waals surface area contributed by atoms with Crippen LogP contribution in [0, 0.1) is 0 Å². The highest BCUT2D eigenvalue weighted by molar-refractivity contribution is 5.43. The molecule has 1 N–H and O–H groups in total. The number of likely N-dealkylation sites (N-methyl/N-ethyl adjacent to an activating group) is 1. The summed E-state index contributed by atoms with van der Waals surface area (Å²) in [7, 11) is 3.63. The van der Waals surface area contributed by atoms with E-state index in [-0.39, 0.29) is 0 Å². The van der Waals surface area contributed by atoms with E-state index in [4.69, 9.17) is 9.47 Å². The molecule has 0 aromatic heterocycles. The molecule has 2 aromatic carbocycles. The number of methoxy groups -OCH3 is 1. The van der Waals surface area contributed by atoms with E-state index in [0.717, 1.165) is 30.0 Å². The van der Waals surface area contributed by atoms with Crippen LogP contribution in [0.5, 0.6) is 11.5 Å².